The molecule has 1 aliphatic heterocycles. The Kier molecular flexibility index (Phi) is 6.52. The number of rotatable bonds is 7. The molecule has 0 bridgehead atoms. The zero-order valence-electron chi connectivity index (χ0n) is 17.6. The smallest absolute Gasteiger partial charge is 0.315 e. The number of ether oxygens (including phenoxy) is 3. The third-order valence-electron chi connectivity index (χ3n) is 5.25. The van der Waals surface area contributed by atoms with E-state index in [0.29, 0.717) is 19.8 Å². The van der Waals surface area contributed by atoms with Gasteiger partial charge in [0.05, 0.1) is 13.2 Å². The molecule has 0 spiro atoms. The highest BCUT2D eigenvalue weighted by molar-refractivity contribution is 5.74. The number of urea groups is 1. The predicted molar refractivity (Wildman–Crippen MR) is 113 cm³/mol. The molecule has 2 amide bonds. The molecule has 2 aromatic rings. The number of carbonyl (C=O) groups excluding carboxylic acids is 1. The van der Waals surface area contributed by atoms with Crippen molar-refractivity contribution in [1.82, 2.24) is 10.6 Å². The van der Waals surface area contributed by atoms with E-state index in [1.807, 2.05) is 49.4 Å². The Hall–Kier alpha value is -2.89. The van der Waals surface area contributed by atoms with Crippen LogP contribution in [-0.2, 0) is 5.41 Å². The van der Waals surface area contributed by atoms with E-state index in [0.717, 1.165) is 34.8 Å². The Labute approximate surface area is 172 Å². The summed E-state index contributed by atoms with van der Waals surface area (Å²) in [6.45, 7) is 7.87. The SMILES string of the molecule is CCC(NC(=O)NCC(C)(C)c1ccc2c(c1)OCCO2)c1ccc(OC)cc1. The van der Waals surface area contributed by atoms with Gasteiger partial charge >= 0.3 is 6.03 Å². The van der Waals surface area contributed by atoms with Crippen LogP contribution in [0.2, 0.25) is 0 Å². The number of nitrogens with one attached hydrogen (secondary N) is 2. The van der Waals surface area contributed by atoms with E-state index in [1.54, 1.807) is 7.11 Å². The quantitative estimate of drug-likeness (QED) is 0.734. The second-order valence-electron chi connectivity index (χ2n) is 7.80. The van der Waals surface area contributed by atoms with Crippen molar-refractivity contribution in [2.75, 3.05) is 26.9 Å². The fourth-order valence-electron chi connectivity index (χ4n) is 3.33. The summed E-state index contributed by atoms with van der Waals surface area (Å²) in [4.78, 5) is 12.5. The van der Waals surface area contributed by atoms with E-state index in [2.05, 4.69) is 24.5 Å². The van der Waals surface area contributed by atoms with Crippen LogP contribution in [0.5, 0.6) is 17.2 Å². The summed E-state index contributed by atoms with van der Waals surface area (Å²) in [6, 6.07) is 13.5. The summed E-state index contributed by atoms with van der Waals surface area (Å²) in [5.41, 5.74) is 1.88. The Morgan fingerprint density at radius 2 is 1.79 bits per heavy atom. The number of fused-ring (bicyclic) bond motifs is 1. The highest BCUT2D eigenvalue weighted by atomic mass is 16.6. The molecule has 29 heavy (non-hydrogen) atoms. The largest absolute Gasteiger partial charge is 0.497 e. The average molecular weight is 399 g/mol. The molecule has 0 saturated heterocycles. The summed E-state index contributed by atoms with van der Waals surface area (Å²) >= 11 is 0. The molecule has 0 aliphatic carbocycles. The molecular formula is C23H30N2O4. The fraction of sp³-hybridized carbons (Fsp3) is 0.435. The highest BCUT2D eigenvalue weighted by Gasteiger charge is 2.24. The first kappa shape index (κ1) is 20.8. The maximum absolute atomic E-state index is 12.5. The summed E-state index contributed by atoms with van der Waals surface area (Å²) in [5.74, 6) is 2.33. The van der Waals surface area contributed by atoms with Gasteiger partial charge in [0.15, 0.2) is 11.5 Å². The average Bonchev–Trinajstić information content (AvgIpc) is 2.76. The molecule has 0 fully saturated rings. The van der Waals surface area contributed by atoms with Gasteiger partial charge in [-0.05, 0) is 41.8 Å². The molecular weight excluding hydrogens is 368 g/mol. The van der Waals surface area contributed by atoms with Crippen LogP contribution in [0.3, 0.4) is 0 Å². The number of amides is 2. The van der Waals surface area contributed by atoms with Gasteiger partial charge in [-0.2, -0.15) is 0 Å². The zero-order valence-corrected chi connectivity index (χ0v) is 17.6. The van der Waals surface area contributed by atoms with Crippen LogP contribution in [0, 0.1) is 0 Å². The van der Waals surface area contributed by atoms with Crippen molar-refractivity contribution in [2.24, 2.45) is 0 Å². The van der Waals surface area contributed by atoms with Crippen molar-refractivity contribution < 1.29 is 19.0 Å². The van der Waals surface area contributed by atoms with Crippen LogP contribution >= 0.6 is 0 Å². The molecule has 156 valence electrons. The van der Waals surface area contributed by atoms with Crippen LogP contribution in [0.1, 0.15) is 44.4 Å². The van der Waals surface area contributed by atoms with Gasteiger partial charge in [-0.15, -0.1) is 0 Å². The van der Waals surface area contributed by atoms with Gasteiger partial charge in [0.2, 0.25) is 0 Å². The van der Waals surface area contributed by atoms with Crippen molar-refractivity contribution in [2.45, 2.75) is 38.6 Å². The predicted octanol–water partition coefficient (Wildman–Crippen LogP) is 4.19. The fourth-order valence-corrected chi connectivity index (χ4v) is 3.33. The number of hydrogen-bond acceptors (Lipinski definition) is 4. The molecule has 2 N–H and O–H groups in total. The first-order valence-electron chi connectivity index (χ1n) is 10.0. The first-order chi connectivity index (χ1) is 13.9. The molecule has 0 saturated carbocycles. The van der Waals surface area contributed by atoms with Crippen LogP contribution in [0.25, 0.3) is 0 Å². The molecule has 2 aromatic carbocycles. The van der Waals surface area contributed by atoms with Gasteiger partial charge in [0.25, 0.3) is 0 Å². The first-order valence-corrected chi connectivity index (χ1v) is 10.0. The van der Waals surface area contributed by atoms with E-state index in [9.17, 15) is 4.79 Å². The molecule has 3 rings (SSSR count). The van der Waals surface area contributed by atoms with Crippen LogP contribution < -0.4 is 24.8 Å². The lowest BCUT2D eigenvalue weighted by atomic mass is 9.84. The maximum atomic E-state index is 12.5. The van der Waals surface area contributed by atoms with Crippen LogP contribution in [0.15, 0.2) is 42.5 Å². The van der Waals surface area contributed by atoms with Gasteiger partial charge in [0, 0.05) is 12.0 Å². The van der Waals surface area contributed by atoms with Crippen LogP contribution in [-0.4, -0.2) is 32.9 Å². The van der Waals surface area contributed by atoms with E-state index in [4.69, 9.17) is 14.2 Å². The van der Waals surface area contributed by atoms with Crippen LogP contribution in [0.4, 0.5) is 4.79 Å². The second-order valence-corrected chi connectivity index (χ2v) is 7.80. The third-order valence-corrected chi connectivity index (χ3v) is 5.25. The summed E-state index contributed by atoms with van der Waals surface area (Å²) in [5, 5.41) is 6.07. The van der Waals surface area contributed by atoms with E-state index >= 15 is 0 Å². The van der Waals surface area contributed by atoms with Crippen molar-refractivity contribution in [3.8, 4) is 17.2 Å². The van der Waals surface area contributed by atoms with E-state index < -0.39 is 0 Å². The molecule has 1 atom stereocenters. The monoisotopic (exact) mass is 398 g/mol. The van der Waals surface area contributed by atoms with Gasteiger partial charge < -0.3 is 24.8 Å². The molecule has 1 heterocycles. The normalized spacial score (nSPS) is 14.1. The van der Waals surface area contributed by atoms with Gasteiger partial charge in [-0.25, -0.2) is 4.79 Å². The lowest BCUT2D eigenvalue weighted by Gasteiger charge is -2.28. The maximum Gasteiger partial charge on any atom is 0.315 e. The molecule has 6 nitrogen and oxygen atoms in total. The Morgan fingerprint density at radius 1 is 1.10 bits per heavy atom. The summed E-state index contributed by atoms with van der Waals surface area (Å²) < 4.78 is 16.5. The molecule has 1 aliphatic rings. The molecule has 1 unspecified atom stereocenters. The van der Waals surface area contributed by atoms with Gasteiger partial charge in [-0.3, -0.25) is 0 Å². The Morgan fingerprint density at radius 3 is 2.45 bits per heavy atom. The summed E-state index contributed by atoms with van der Waals surface area (Å²) in [6.07, 6.45) is 0.797. The molecule has 0 radical (unpaired) electrons. The molecule has 0 aromatic heterocycles. The topological polar surface area (TPSA) is 68.8 Å². The minimum atomic E-state index is -0.255. The number of hydrogen-bond donors (Lipinski definition) is 2. The third kappa shape index (κ3) is 5.13. The van der Waals surface area contributed by atoms with E-state index in [1.165, 1.54) is 0 Å². The lowest BCUT2D eigenvalue weighted by molar-refractivity contribution is 0.171. The van der Waals surface area contributed by atoms with Gasteiger partial charge in [-0.1, -0.05) is 39.0 Å². The highest BCUT2D eigenvalue weighted by Crippen LogP contribution is 2.35. The number of benzene rings is 2. The molecule has 6 heteroatoms. The van der Waals surface area contributed by atoms with Crippen molar-refractivity contribution >= 4 is 6.03 Å². The lowest BCUT2D eigenvalue weighted by Crippen LogP contribution is -2.43. The zero-order chi connectivity index (χ0) is 20.9. The van der Waals surface area contributed by atoms with Crippen molar-refractivity contribution in [3.05, 3.63) is 53.6 Å². The number of carbonyl (C=O) groups is 1. The van der Waals surface area contributed by atoms with Gasteiger partial charge in [0.1, 0.15) is 19.0 Å². The second kappa shape index (κ2) is 9.07. The van der Waals surface area contributed by atoms with Crippen molar-refractivity contribution in [1.29, 1.82) is 0 Å². The summed E-state index contributed by atoms with van der Waals surface area (Å²) in [7, 11) is 1.64. The Bertz CT molecular complexity index is 833. The number of methoxy groups -OCH3 is 1. The van der Waals surface area contributed by atoms with E-state index in [-0.39, 0.29) is 17.5 Å². The van der Waals surface area contributed by atoms with Crippen molar-refractivity contribution in [3.63, 3.8) is 0 Å². The Balaban J connectivity index is 1.59. The minimum absolute atomic E-state index is 0.0571. The minimum Gasteiger partial charge on any atom is -0.497 e. The standard InChI is InChI=1S/C23H30N2O4/c1-5-19(16-6-9-18(27-4)10-7-16)25-22(26)24-15-23(2,3)17-8-11-20-21(14-17)29-13-12-28-20/h6-11,14,19H,5,12-13,15H2,1-4H3,(H2,24,25,26).